The molecule has 0 aromatic carbocycles. The van der Waals surface area contributed by atoms with Gasteiger partial charge in [0.1, 0.15) is 12.2 Å². The van der Waals surface area contributed by atoms with Crippen molar-refractivity contribution in [1.29, 1.82) is 0 Å². The number of hydrogen-bond acceptors (Lipinski definition) is 3. The lowest BCUT2D eigenvalue weighted by atomic mass is 10.3. The summed E-state index contributed by atoms with van der Waals surface area (Å²) in [6.07, 6.45) is 0.243. The van der Waals surface area contributed by atoms with E-state index in [0.29, 0.717) is 0 Å². The predicted molar refractivity (Wildman–Crippen MR) is 54.8 cm³/mol. The maximum Gasteiger partial charge on any atom is 0.168 e. The van der Waals surface area contributed by atoms with Gasteiger partial charge in [0.05, 0.1) is 0 Å². The van der Waals surface area contributed by atoms with Crippen molar-refractivity contribution in [3.63, 3.8) is 0 Å². The average Bonchev–Trinajstić information content (AvgIpc) is 2.59. The van der Waals surface area contributed by atoms with E-state index in [9.17, 15) is 0 Å². The topological polar surface area (TPSA) is 33.7 Å². The molecular formula is C8H16N2O2S. The normalized spacial score (nSPS) is 27.8. The molecule has 5 heteroatoms. The molecule has 0 aromatic heterocycles. The molecule has 0 amide bonds. The Morgan fingerprint density at radius 2 is 1.77 bits per heavy atom. The van der Waals surface area contributed by atoms with E-state index in [-0.39, 0.29) is 12.2 Å². The Labute approximate surface area is 84.2 Å². The van der Waals surface area contributed by atoms with Gasteiger partial charge in [-0.05, 0) is 12.2 Å². The minimum absolute atomic E-state index is 0.122. The van der Waals surface area contributed by atoms with E-state index in [1.807, 2.05) is 7.05 Å². The summed E-state index contributed by atoms with van der Waals surface area (Å²) in [5.74, 6) is 0. The highest BCUT2D eigenvalue weighted by molar-refractivity contribution is 7.80. The molecule has 0 saturated carbocycles. The van der Waals surface area contributed by atoms with Gasteiger partial charge >= 0.3 is 0 Å². The van der Waals surface area contributed by atoms with E-state index in [0.717, 1.165) is 18.2 Å². The summed E-state index contributed by atoms with van der Waals surface area (Å²) in [7, 11) is 5.22. The fourth-order valence-electron chi connectivity index (χ4n) is 1.52. The molecule has 1 aliphatic heterocycles. The third-order valence-electron chi connectivity index (χ3n) is 2.32. The van der Waals surface area contributed by atoms with Crippen LogP contribution in [0.5, 0.6) is 0 Å². The molecular weight excluding hydrogens is 188 g/mol. The predicted octanol–water partition coefficient (Wildman–Crippen LogP) is -0.164. The summed E-state index contributed by atoms with van der Waals surface area (Å²) >= 11 is 5.12. The van der Waals surface area contributed by atoms with Gasteiger partial charge < -0.3 is 19.7 Å². The molecule has 13 heavy (non-hydrogen) atoms. The molecule has 1 saturated heterocycles. The van der Waals surface area contributed by atoms with E-state index in [4.69, 9.17) is 21.7 Å². The van der Waals surface area contributed by atoms with E-state index in [1.165, 1.54) is 0 Å². The zero-order valence-electron chi connectivity index (χ0n) is 8.24. The molecule has 0 spiro atoms. The van der Waals surface area contributed by atoms with Crippen molar-refractivity contribution >= 4 is 17.3 Å². The number of nitrogens with zero attached hydrogens (tertiary/aromatic N) is 1. The number of nitrogens with one attached hydrogen (secondary N) is 1. The second-order valence-electron chi connectivity index (χ2n) is 3.01. The van der Waals surface area contributed by atoms with Crippen LogP contribution in [0.1, 0.15) is 0 Å². The largest absolute Gasteiger partial charge is 0.377 e. The minimum atomic E-state index is 0.122. The van der Waals surface area contributed by atoms with Crippen LogP contribution < -0.4 is 5.32 Å². The number of ether oxygens (including phenoxy) is 2. The van der Waals surface area contributed by atoms with Gasteiger partial charge in [0.2, 0.25) is 0 Å². The van der Waals surface area contributed by atoms with Gasteiger partial charge in [0.15, 0.2) is 5.11 Å². The maximum absolute atomic E-state index is 5.29. The third kappa shape index (κ3) is 2.30. The van der Waals surface area contributed by atoms with Gasteiger partial charge in [-0.1, -0.05) is 0 Å². The number of methoxy groups -OCH3 is 2. The second-order valence-corrected chi connectivity index (χ2v) is 3.40. The highest BCUT2D eigenvalue weighted by atomic mass is 32.1. The maximum atomic E-state index is 5.29. The van der Waals surface area contributed by atoms with Crippen LogP contribution in [0.15, 0.2) is 0 Å². The second kappa shape index (κ2) is 4.74. The molecule has 0 aromatic rings. The first-order valence-corrected chi connectivity index (χ1v) is 4.66. The fraction of sp³-hybridized carbons (Fsp3) is 0.875. The Hall–Kier alpha value is -0.390. The van der Waals surface area contributed by atoms with Crippen molar-refractivity contribution in [3.05, 3.63) is 0 Å². The summed E-state index contributed by atoms with van der Waals surface area (Å²) in [6, 6.07) is 0. The van der Waals surface area contributed by atoms with Crippen molar-refractivity contribution < 1.29 is 9.47 Å². The van der Waals surface area contributed by atoms with E-state index in [2.05, 4.69) is 10.2 Å². The highest BCUT2D eigenvalue weighted by Gasteiger charge is 2.33. The number of rotatable bonds is 2. The van der Waals surface area contributed by atoms with Gasteiger partial charge in [0, 0.05) is 34.4 Å². The standard InChI is InChI=1S/C8H16N2O2S/c1-9-8(13)10-4-6(11-2)7(5-10)12-3/h6-7H,4-5H2,1-3H3,(H,9,13)/t6-,7+. The molecule has 1 heterocycles. The van der Waals surface area contributed by atoms with Gasteiger partial charge in [-0.15, -0.1) is 0 Å². The van der Waals surface area contributed by atoms with Crippen LogP contribution in [0.3, 0.4) is 0 Å². The lowest BCUT2D eigenvalue weighted by molar-refractivity contribution is -0.00461. The molecule has 4 nitrogen and oxygen atoms in total. The monoisotopic (exact) mass is 204 g/mol. The SMILES string of the molecule is CNC(=S)N1C[C@H](OC)[C@H](OC)C1. The fourth-order valence-corrected chi connectivity index (χ4v) is 1.67. The number of hydrogen-bond donors (Lipinski definition) is 1. The summed E-state index contributed by atoms with van der Waals surface area (Å²) in [5, 5.41) is 3.69. The van der Waals surface area contributed by atoms with Crippen LogP contribution >= 0.6 is 12.2 Å². The third-order valence-corrected chi connectivity index (χ3v) is 2.78. The minimum Gasteiger partial charge on any atom is -0.377 e. The molecule has 76 valence electrons. The Morgan fingerprint density at radius 1 is 1.31 bits per heavy atom. The molecule has 0 bridgehead atoms. The Bertz CT molecular complexity index is 177. The Balaban J connectivity index is 2.52. The van der Waals surface area contributed by atoms with Crippen molar-refractivity contribution in [1.82, 2.24) is 10.2 Å². The summed E-state index contributed by atoms with van der Waals surface area (Å²) in [6.45, 7) is 1.60. The molecule has 0 aliphatic carbocycles. The molecule has 1 fully saturated rings. The molecule has 1 N–H and O–H groups in total. The Kier molecular flexibility index (Phi) is 3.90. The van der Waals surface area contributed by atoms with Crippen LogP contribution in [0.4, 0.5) is 0 Å². The Morgan fingerprint density at radius 3 is 2.08 bits per heavy atom. The van der Waals surface area contributed by atoms with Gasteiger partial charge in [0.25, 0.3) is 0 Å². The first-order valence-electron chi connectivity index (χ1n) is 4.25. The molecule has 2 atom stereocenters. The van der Waals surface area contributed by atoms with Crippen molar-refractivity contribution in [2.75, 3.05) is 34.4 Å². The molecule has 0 radical (unpaired) electrons. The number of thiocarbonyl (C=S) groups is 1. The molecule has 1 aliphatic rings. The van der Waals surface area contributed by atoms with Gasteiger partial charge in [-0.2, -0.15) is 0 Å². The lowest BCUT2D eigenvalue weighted by Crippen LogP contribution is -2.36. The van der Waals surface area contributed by atoms with Crippen LogP contribution in [-0.4, -0.2) is 56.6 Å². The highest BCUT2D eigenvalue weighted by Crippen LogP contribution is 2.15. The first kappa shape index (κ1) is 10.7. The van der Waals surface area contributed by atoms with E-state index in [1.54, 1.807) is 14.2 Å². The van der Waals surface area contributed by atoms with Crippen LogP contribution in [0.25, 0.3) is 0 Å². The molecule has 1 rings (SSSR count). The quantitative estimate of drug-likeness (QED) is 0.632. The van der Waals surface area contributed by atoms with E-state index < -0.39 is 0 Å². The van der Waals surface area contributed by atoms with Crippen molar-refractivity contribution in [2.45, 2.75) is 12.2 Å². The summed E-state index contributed by atoms with van der Waals surface area (Å²) < 4.78 is 10.6. The van der Waals surface area contributed by atoms with Gasteiger partial charge in [-0.3, -0.25) is 0 Å². The van der Waals surface area contributed by atoms with Gasteiger partial charge in [-0.25, -0.2) is 0 Å². The molecule has 0 unspecified atom stereocenters. The average molecular weight is 204 g/mol. The van der Waals surface area contributed by atoms with Crippen molar-refractivity contribution in [3.8, 4) is 0 Å². The van der Waals surface area contributed by atoms with Crippen LogP contribution in [0, 0.1) is 0 Å². The first-order chi connectivity index (χ1) is 6.22. The van der Waals surface area contributed by atoms with Crippen LogP contribution in [-0.2, 0) is 9.47 Å². The van der Waals surface area contributed by atoms with Crippen molar-refractivity contribution in [2.24, 2.45) is 0 Å². The lowest BCUT2D eigenvalue weighted by Gasteiger charge is -2.17. The number of likely N-dealkylation sites (tertiary alicyclic amines) is 1. The zero-order chi connectivity index (χ0) is 9.84. The smallest absolute Gasteiger partial charge is 0.168 e. The summed E-state index contributed by atoms with van der Waals surface area (Å²) in [4.78, 5) is 2.05. The summed E-state index contributed by atoms with van der Waals surface area (Å²) in [5.41, 5.74) is 0. The zero-order valence-corrected chi connectivity index (χ0v) is 9.06. The van der Waals surface area contributed by atoms with E-state index >= 15 is 0 Å². The van der Waals surface area contributed by atoms with Crippen LogP contribution in [0.2, 0.25) is 0 Å².